The molecule has 1 aliphatic carbocycles. The molecule has 1 aliphatic rings. The molecule has 0 bridgehead atoms. The lowest BCUT2D eigenvalue weighted by Gasteiger charge is -2.16. The Balaban J connectivity index is 1.74. The Morgan fingerprint density at radius 2 is 2.23 bits per heavy atom. The largest absolute Gasteiger partial charge is 0.360 e. The highest BCUT2D eigenvalue weighted by atomic mass is 16.5. The number of hydrogen-bond acceptors (Lipinski definition) is 4. The number of nitrogens with zero attached hydrogens (tertiary/aromatic N) is 3. The Bertz CT molecular complexity index is 714. The third-order valence-corrected chi connectivity index (χ3v) is 4.59. The maximum Gasteiger partial charge on any atom is 0.274 e. The number of carbonyl (C=O) groups excluding carboxylic acids is 1. The molecule has 0 saturated carbocycles. The topological polar surface area (TPSA) is 73.0 Å². The second kappa shape index (κ2) is 5.59. The quantitative estimate of drug-likeness (QED) is 0.942. The number of fused-ring (bicyclic) bond motifs is 1. The molecule has 0 saturated heterocycles. The summed E-state index contributed by atoms with van der Waals surface area (Å²) >= 11 is 0. The summed E-state index contributed by atoms with van der Waals surface area (Å²) < 4.78 is 7.16. The first-order chi connectivity index (χ1) is 10.5. The average molecular weight is 302 g/mol. The first-order valence-corrected chi connectivity index (χ1v) is 7.72. The van der Waals surface area contributed by atoms with E-state index in [9.17, 15) is 4.79 Å². The molecule has 0 spiro atoms. The average Bonchev–Trinajstić information content (AvgIpc) is 2.99. The van der Waals surface area contributed by atoms with E-state index in [-0.39, 0.29) is 5.91 Å². The third kappa shape index (κ3) is 2.53. The summed E-state index contributed by atoms with van der Waals surface area (Å²) in [6.45, 7) is 6.61. The van der Waals surface area contributed by atoms with Crippen LogP contribution in [0.3, 0.4) is 0 Å². The van der Waals surface area contributed by atoms with Gasteiger partial charge in [0.05, 0.1) is 5.69 Å². The molecule has 0 aliphatic heterocycles. The van der Waals surface area contributed by atoms with E-state index in [1.54, 1.807) is 0 Å². The predicted octanol–water partition coefficient (Wildman–Crippen LogP) is 2.08. The van der Waals surface area contributed by atoms with Gasteiger partial charge in [0.1, 0.15) is 5.76 Å². The van der Waals surface area contributed by atoms with Crippen molar-refractivity contribution >= 4 is 5.91 Å². The van der Waals surface area contributed by atoms with Crippen molar-refractivity contribution in [1.29, 1.82) is 0 Å². The summed E-state index contributed by atoms with van der Waals surface area (Å²) in [5.74, 6) is 1.28. The molecule has 22 heavy (non-hydrogen) atoms. The van der Waals surface area contributed by atoms with Gasteiger partial charge in [-0.15, -0.1) is 0 Å². The zero-order valence-electron chi connectivity index (χ0n) is 13.6. The van der Waals surface area contributed by atoms with Crippen molar-refractivity contribution in [2.45, 2.75) is 46.6 Å². The molecule has 1 N–H and O–H groups in total. The van der Waals surface area contributed by atoms with Crippen molar-refractivity contribution in [2.24, 2.45) is 13.0 Å². The number of nitrogens with one attached hydrogen (secondary N) is 1. The van der Waals surface area contributed by atoms with Crippen molar-refractivity contribution in [3.8, 4) is 0 Å². The Labute approximate surface area is 129 Å². The highest BCUT2D eigenvalue weighted by Gasteiger charge is 2.27. The lowest BCUT2D eigenvalue weighted by molar-refractivity contribution is 0.0941. The van der Waals surface area contributed by atoms with E-state index in [4.69, 9.17) is 4.52 Å². The van der Waals surface area contributed by atoms with Gasteiger partial charge in [-0.2, -0.15) is 5.10 Å². The summed E-state index contributed by atoms with van der Waals surface area (Å²) in [4.78, 5) is 12.4. The SMILES string of the molecule is Cc1nn(C)c(C)c1CNC(=O)c1noc2c1CC(C)CC2. The van der Waals surface area contributed by atoms with Crippen molar-refractivity contribution in [2.75, 3.05) is 0 Å². The summed E-state index contributed by atoms with van der Waals surface area (Å²) in [6, 6.07) is 0. The molecule has 1 unspecified atom stereocenters. The van der Waals surface area contributed by atoms with Crippen molar-refractivity contribution in [1.82, 2.24) is 20.3 Å². The number of aromatic nitrogens is 3. The minimum Gasteiger partial charge on any atom is -0.360 e. The fraction of sp³-hybridized carbons (Fsp3) is 0.562. The van der Waals surface area contributed by atoms with E-state index >= 15 is 0 Å². The Hall–Kier alpha value is -2.11. The van der Waals surface area contributed by atoms with Crippen molar-refractivity contribution in [3.63, 3.8) is 0 Å². The van der Waals surface area contributed by atoms with Crippen LogP contribution in [0.15, 0.2) is 4.52 Å². The first-order valence-electron chi connectivity index (χ1n) is 7.72. The Kier molecular flexibility index (Phi) is 3.76. The second-order valence-corrected chi connectivity index (χ2v) is 6.24. The van der Waals surface area contributed by atoms with Crippen LogP contribution in [-0.2, 0) is 26.4 Å². The maximum atomic E-state index is 12.4. The van der Waals surface area contributed by atoms with Gasteiger partial charge in [-0.3, -0.25) is 9.48 Å². The fourth-order valence-electron chi connectivity index (χ4n) is 3.08. The molecule has 0 radical (unpaired) electrons. The van der Waals surface area contributed by atoms with Crippen molar-refractivity contribution in [3.05, 3.63) is 34.0 Å². The van der Waals surface area contributed by atoms with Gasteiger partial charge in [-0.1, -0.05) is 12.1 Å². The second-order valence-electron chi connectivity index (χ2n) is 6.24. The molecule has 6 heteroatoms. The van der Waals surface area contributed by atoms with Crippen LogP contribution in [0.5, 0.6) is 0 Å². The molecule has 2 aromatic heterocycles. The van der Waals surface area contributed by atoms with E-state index in [1.807, 2.05) is 25.6 Å². The van der Waals surface area contributed by atoms with Crippen LogP contribution in [0, 0.1) is 19.8 Å². The third-order valence-electron chi connectivity index (χ3n) is 4.59. The van der Waals surface area contributed by atoms with Crippen LogP contribution >= 0.6 is 0 Å². The van der Waals surface area contributed by atoms with Crippen molar-refractivity contribution < 1.29 is 9.32 Å². The smallest absolute Gasteiger partial charge is 0.274 e. The normalized spacial score (nSPS) is 17.4. The molecule has 2 aromatic rings. The van der Waals surface area contributed by atoms with Crippen LogP contribution in [0.25, 0.3) is 0 Å². The molecule has 1 atom stereocenters. The zero-order chi connectivity index (χ0) is 15.9. The lowest BCUT2D eigenvalue weighted by Crippen LogP contribution is -2.25. The standard InChI is InChI=1S/C16H22N4O2/c1-9-5-6-14-12(7-9)15(19-22-14)16(21)17-8-13-10(2)18-20(4)11(13)3/h9H,5-8H2,1-4H3,(H,17,21). The summed E-state index contributed by atoms with van der Waals surface area (Å²) in [6.07, 6.45) is 2.83. The number of amides is 1. The molecule has 0 fully saturated rings. The van der Waals surface area contributed by atoms with Gasteiger partial charge in [0.25, 0.3) is 5.91 Å². The first kappa shape index (κ1) is 14.8. The van der Waals surface area contributed by atoms with E-state index in [1.165, 1.54) is 0 Å². The van der Waals surface area contributed by atoms with Gasteiger partial charge in [-0.25, -0.2) is 0 Å². The molecule has 118 valence electrons. The highest BCUT2D eigenvalue weighted by Crippen LogP contribution is 2.27. The monoisotopic (exact) mass is 302 g/mol. The maximum absolute atomic E-state index is 12.4. The van der Waals surface area contributed by atoms with Gasteiger partial charge in [0.15, 0.2) is 5.69 Å². The minimum atomic E-state index is -0.165. The number of aryl methyl sites for hydroxylation is 3. The van der Waals surface area contributed by atoms with E-state index in [2.05, 4.69) is 22.5 Å². The summed E-state index contributed by atoms with van der Waals surface area (Å²) in [5.41, 5.74) is 4.49. The number of rotatable bonds is 3. The van der Waals surface area contributed by atoms with E-state index < -0.39 is 0 Å². The molecular formula is C16H22N4O2. The van der Waals surface area contributed by atoms with Crippen LogP contribution in [0.4, 0.5) is 0 Å². The highest BCUT2D eigenvalue weighted by molar-refractivity contribution is 5.93. The molecular weight excluding hydrogens is 280 g/mol. The predicted molar refractivity (Wildman–Crippen MR) is 81.5 cm³/mol. The van der Waals surface area contributed by atoms with E-state index in [0.29, 0.717) is 18.2 Å². The van der Waals surface area contributed by atoms with Crippen LogP contribution in [0.2, 0.25) is 0 Å². The summed E-state index contributed by atoms with van der Waals surface area (Å²) in [7, 11) is 1.91. The Morgan fingerprint density at radius 3 is 2.91 bits per heavy atom. The molecule has 1 amide bonds. The Morgan fingerprint density at radius 1 is 1.45 bits per heavy atom. The van der Waals surface area contributed by atoms with Crippen LogP contribution in [-0.4, -0.2) is 20.8 Å². The van der Waals surface area contributed by atoms with Gasteiger partial charge in [-0.05, 0) is 32.6 Å². The summed E-state index contributed by atoms with van der Waals surface area (Å²) in [5, 5.41) is 11.3. The van der Waals surface area contributed by atoms with Crippen LogP contribution in [0.1, 0.15) is 52.1 Å². The van der Waals surface area contributed by atoms with Gasteiger partial charge in [0, 0.05) is 36.8 Å². The molecule has 6 nitrogen and oxygen atoms in total. The molecule has 0 aromatic carbocycles. The van der Waals surface area contributed by atoms with Gasteiger partial charge in [0.2, 0.25) is 0 Å². The van der Waals surface area contributed by atoms with Gasteiger partial charge >= 0.3 is 0 Å². The fourth-order valence-corrected chi connectivity index (χ4v) is 3.08. The number of carbonyl (C=O) groups is 1. The lowest BCUT2D eigenvalue weighted by atomic mass is 9.88. The molecule has 2 heterocycles. The molecule has 3 rings (SSSR count). The zero-order valence-corrected chi connectivity index (χ0v) is 13.6. The minimum absolute atomic E-state index is 0.165. The number of hydrogen-bond donors (Lipinski definition) is 1. The van der Waals surface area contributed by atoms with E-state index in [0.717, 1.165) is 47.5 Å². The van der Waals surface area contributed by atoms with Gasteiger partial charge < -0.3 is 9.84 Å². The van der Waals surface area contributed by atoms with Crippen LogP contribution < -0.4 is 5.32 Å².